The van der Waals surface area contributed by atoms with Crippen LogP contribution in [0.5, 0.6) is 5.75 Å². The van der Waals surface area contributed by atoms with E-state index in [0.29, 0.717) is 27.0 Å². The molecule has 0 fully saturated rings. The summed E-state index contributed by atoms with van der Waals surface area (Å²) in [6.45, 7) is 4.59. The molecule has 140 valence electrons. The highest BCUT2D eigenvalue weighted by atomic mass is 35.5. The fourth-order valence-electron chi connectivity index (χ4n) is 2.77. The van der Waals surface area contributed by atoms with Gasteiger partial charge in [0, 0.05) is 16.9 Å². The van der Waals surface area contributed by atoms with Crippen LogP contribution in [-0.2, 0) is 7.05 Å². The summed E-state index contributed by atoms with van der Waals surface area (Å²) in [6.07, 6.45) is 0. The molecule has 4 nitrogen and oxygen atoms in total. The lowest BCUT2D eigenvalue weighted by atomic mass is 10.1. The topological polar surface area (TPSA) is 43.6 Å². The summed E-state index contributed by atoms with van der Waals surface area (Å²) < 4.78 is 7.41. The van der Waals surface area contributed by atoms with Crippen molar-refractivity contribution in [2.24, 2.45) is 12.0 Å². The van der Waals surface area contributed by atoms with E-state index in [9.17, 15) is 4.79 Å². The van der Waals surface area contributed by atoms with E-state index in [1.807, 2.05) is 49.7 Å². The zero-order valence-electron chi connectivity index (χ0n) is 15.1. The second-order valence-electron chi connectivity index (χ2n) is 5.85. The molecule has 0 aliphatic carbocycles. The fourth-order valence-corrected chi connectivity index (χ4v) is 4.24. The van der Waals surface area contributed by atoms with Gasteiger partial charge in [-0.15, -0.1) is 11.3 Å². The predicted octanol–water partition coefficient (Wildman–Crippen LogP) is 5.51. The van der Waals surface area contributed by atoms with Gasteiger partial charge in [-0.3, -0.25) is 4.79 Å². The first-order valence-electron chi connectivity index (χ1n) is 8.34. The number of aryl methyl sites for hydroxylation is 1. The smallest absolute Gasteiger partial charge is 0.281 e. The number of nitrogens with zero attached hydrogens (tertiary/aromatic N) is 2. The van der Waals surface area contributed by atoms with Crippen LogP contribution >= 0.6 is 34.5 Å². The first kappa shape index (κ1) is 19.7. The average Bonchev–Trinajstić information content (AvgIpc) is 2.89. The third-order valence-electron chi connectivity index (χ3n) is 4.00. The molecule has 2 aromatic carbocycles. The van der Waals surface area contributed by atoms with Crippen molar-refractivity contribution in [3.05, 3.63) is 67.8 Å². The summed E-state index contributed by atoms with van der Waals surface area (Å²) in [5, 5.41) is 0.769. The first-order valence-corrected chi connectivity index (χ1v) is 9.91. The number of amides is 1. The number of halogens is 2. The maximum atomic E-state index is 12.6. The molecular weight excluding hydrogens is 403 g/mol. The maximum absolute atomic E-state index is 12.6. The summed E-state index contributed by atoms with van der Waals surface area (Å²) in [7, 11) is 1.89. The Labute approximate surface area is 171 Å². The number of carbonyl (C=O) groups is 1. The molecule has 0 aliphatic heterocycles. The van der Waals surface area contributed by atoms with Gasteiger partial charge in [-0.2, -0.15) is 4.99 Å². The Morgan fingerprint density at radius 1 is 1.19 bits per heavy atom. The number of carbonyl (C=O) groups excluding carboxylic acids is 1. The normalized spacial score (nSPS) is 11.7. The molecule has 1 aromatic heterocycles. The standard InChI is InChI=1S/C20H18Cl2N2O2S/c1-4-26-15-8-5-13(6-9-15)18-12(2)27-20(24(18)3)23-19(25)16-10-7-14(21)11-17(16)22/h5-11H,4H2,1-3H3. The number of aromatic nitrogens is 1. The fraction of sp³-hybridized carbons (Fsp3) is 0.200. The molecule has 0 saturated heterocycles. The van der Waals surface area contributed by atoms with Crippen LogP contribution in [-0.4, -0.2) is 17.1 Å². The van der Waals surface area contributed by atoms with E-state index >= 15 is 0 Å². The van der Waals surface area contributed by atoms with Crippen LogP contribution < -0.4 is 9.54 Å². The molecule has 0 radical (unpaired) electrons. The summed E-state index contributed by atoms with van der Waals surface area (Å²) in [4.78, 5) is 18.5. The van der Waals surface area contributed by atoms with Gasteiger partial charge < -0.3 is 9.30 Å². The van der Waals surface area contributed by atoms with Crippen molar-refractivity contribution >= 4 is 40.4 Å². The van der Waals surface area contributed by atoms with Crippen LogP contribution in [0.25, 0.3) is 11.3 Å². The van der Waals surface area contributed by atoms with Gasteiger partial charge >= 0.3 is 0 Å². The lowest BCUT2D eigenvalue weighted by Crippen LogP contribution is -2.14. The molecule has 0 spiro atoms. The number of benzene rings is 2. The molecule has 0 saturated carbocycles. The predicted molar refractivity (Wildman–Crippen MR) is 111 cm³/mol. The molecule has 0 N–H and O–H groups in total. The zero-order chi connectivity index (χ0) is 19.6. The zero-order valence-corrected chi connectivity index (χ0v) is 17.5. The Kier molecular flexibility index (Phi) is 6.05. The van der Waals surface area contributed by atoms with Crippen molar-refractivity contribution in [2.75, 3.05) is 6.61 Å². The van der Waals surface area contributed by atoms with Crippen LogP contribution in [0.1, 0.15) is 22.2 Å². The Bertz CT molecular complexity index is 1050. The lowest BCUT2D eigenvalue weighted by molar-refractivity contribution is 0.0998. The van der Waals surface area contributed by atoms with E-state index in [-0.39, 0.29) is 0 Å². The van der Waals surface area contributed by atoms with E-state index in [1.54, 1.807) is 12.1 Å². The minimum atomic E-state index is -0.397. The molecule has 1 heterocycles. The quantitative estimate of drug-likeness (QED) is 0.558. The van der Waals surface area contributed by atoms with Crippen molar-refractivity contribution < 1.29 is 9.53 Å². The summed E-state index contributed by atoms with van der Waals surface area (Å²) in [5.74, 6) is 0.431. The minimum Gasteiger partial charge on any atom is -0.494 e. The van der Waals surface area contributed by atoms with Gasteiger partial charge in [0.15, 0.2) is 4.80 Å². The highest BCUT2D eigenvalue weighted by molar-refractivity contribution is 7.09. The van der Waals surface area contributed by atoms with Crippen molar-refractivity contribution in [3.8, 4) is 17.0 Å². The largest absolute Gasteiger partial charge is 0.494 e. The van der Waals surface area contributed by atoms with Gasteiger partial charge in [-0.25, -0.2) is 0 Å². The summed E-state index contributed by atoms with van der Waals surface area (Å²) >= 11 is 13.5. The third-order valence-corrected chi connectivity index (χ3v) is 5.59. The van der Waals surface area contributed by atoms with Crippen LogP contribution in [0.3, 0.4) is 0 Å². The van der Waals surface area contributed by atoms with Crippen molar-refractivity contribution in [3.63, 3.8) is 0 Å². The Morgan fingerprint density at radius 3 is 2.52 bits per heavy atom. The number of rotatable bonds is 4. The van der Waals surface area contributed by atoms with Crippen LogP contribution in [0, 0.1) is 6.92 Å². The van der Waals surface area contributed by atoms with E-state index < -0.39 is 5.91 Å². The second kappa shape index (κ2) is 8.30. The van der Waals surface area contributed by atoms with Gasteiger partial charge in [0.1, 0.15) is 5.75 Å². The molecule has 0 unspecified atom stereocenters. The molecule has 27 heavy (non-hydrogen) atoms. The third kappa shape index (κ3) is 4.26. The monoisotopic (exact) mass is 420 g/mol. The second-order valence-corrected chi connectivity index (χ2v) is 7.87. The van der Waals surface area contributed by atoms with E-state index in [0.717, 1.165) is 21.9 Å². The van der Waals surface area contributed by atoms with Gasteiger partial charge in [0.25, 0.3) is 5.91 Å². The van der Waals surface area contributed by atoms with Crippen molar-refractivity contribution in [2.45, 2.75) is 13.8 Å². The molecule has 3 rings (SSSR count). The molecule has 0 atom stereocenters. The number of hydrogen-bond acceptors (Lipinski definition) is 3. The summed E-state index contributed by atoms with van der Waals surface area (Å²) in [6, 6.07) is 12.6. The maximum Gasteiger partial charge on any atom is 0.281 e. The van der Waals surface area contributed by atoms with Gasteiger partial charge in [-0.05, 0) is 61.9 Å². The molecule has 7 heteroatoms. The Morgan fingerprint density at radius 2 is 1.89 bits per heavy atom. The van der Waals surface area contributed by atoms with Gasteiger partial charge in [0.05, 0.1) is 22.9 Å². The van der Waals surface area contributed by atoms with Crippen LogP contribution in [0.4, 0.5) is 0 Å². The Balaban J connectivity index is 2.00. The number of ether oxygens (including phenoxy) is 1. The highest BCUT2D eigenvalue weighted by Gasteiger charge is 2.14. The Hall–Kier alpha value is -2.08. The molecule has 3 aromatic rings. The van der Waals surface area contributed by atoms with Crippen molar-refractivity contribution in [1.29, 1.82) is 0 Å². The number of thiazole rings is 1. The molecule has 0 aliphatic rings. The lowest BCUT2D eigenvalue weighted by Gasteiger charge is -2.07. The SMILES string of the molecule is CCOc1ccc(-c2c(C)sc(=NC(=O)c3ccc(Cl)cc3Cl)n2C)cc1. The van der Waals surface area contributed by atoms with Gasteiger partial charge in [0.2, 0.25) is 0 Å². The molecule has 1 amide bonds. The molecule has 0 bridgehead atoms. The van der Waals surface area contributed by atoms with E-state index in [4.69, 9.17) is 27.9 Å². The first-order chi connectivity index (χ1) is 12.9. The van der Waals surface area contributed by atoms with Crippen LogP contribution in [0.15, 0.2) is 47.5 Å². The van der Waals surface area contributed by atoms with Crippen LogP contribution in [0.2, 0.25) is 10.0 Å². The van der Waals surface area contributed by atoms with Gasteiger partial charge in [-0.1, -0.05) is 23.2 Å². The average molecular weight is 421 g/mol. The highest BCUT2D eigenvalue weighted by Crippen LogP contribution is 2.27. The number of hydrogen-bond donors (Lipinski definition) is 0. The van der Waals surface area contributed by atoms with Crippen molar-refractivity contribution in [1.82, 2.24) is 4.57 Å². The summed E-state index contributed by atoms with van der Waals surface area (Å²) in [5.41, 5.74) is 2.37. The van der Waals surface area contributed by atoms with E-state index in [2.05, 4.69) is 4.99 Å². The minimum absolute atomic E-state index is 0.291. The van der Waals surface area contributed by atoms with E-state index in [1.165, 1.54) is 17.4 Å². The molecular formula is C20H18Cl2N2O2S.